The summed E-state index contributed by atoms with van der Waals surface area (Å²) in [6, 6.07) is 7.61. The summed E-state index contributed by atoms with van der Waals surface area (Å²) in [5.74, 6) is 1.10. The Hall–Kier alpha value is -1.56. The lowest BCUT2D eigenvalue weighted by Crippen LogP contribution is -2.45. The highest BCUT2D eigenvalue weighted by atomic mass is 35.5. The number of nitrogens with two attached hydrogens (primary N) is 1. The van der Waals surface area contributed by atoms with Crippen molar-refractivity contribution in [2.45, 2.75) is 45.2 Å². The fourth-order valence-electron chi connectivity index (χ4n) is 3.45. The minimum absolute atomic E-state index is 0. The average molecular weight is 399 g/mol. The van der Waals surface area contributed by atoms with E-state index in [2.05, 4.69) is 16.5 Å². The zero-order chi connectivity index (χ0) is 17.1. The van der Waals surface area contributed by atoms with Crippen molar-refractivity contribution in [3.8, 4) is 0 Å². The summed E-state index contributed by atoms with van der Waals surface area (Å²) in [6.45, 7) is 5.63. The van der Waals surface area contributed by atoms with Crippen LogP contribution in [0.15, 0.2) is 36.7 Å². The number of carbonyl (C=O) groups excluding carboxylic acids is 1. The number of carbonyl (C=O) groups is 1. The summed E-state index contributed by atoms with van der Waals surface area (Å²) in [6.07, 6.45) is 6.85. The quantitative estimate of drug-likeness (QED) is 0.857. The van der Waals surface area contributed by atoms with E-state index in [9.17, 15) is 4.79 Å². The van der Waals surface area contributed by atoms with Gasteiger partial charge in [0, 0.05) is 31.9 Å². The number of amides is 1. The molecule has 144 valence electrons. The number of imidazole rings is 1. The monoisotopic (exact) mass is 398 g/mol. The number of hydrogen-bond acceptors (Lipinski definition) is 3. The molecule has 1 aromatic carbocycles. The maximum atomic E-state index is 12.8. The molecule has 2 aromatic rings. The Labute approximate surface area is 167 Å². The van der Waals surface area contributed by atoms with E-state index < -0.39 is 6.04 Å². The van der Waals surface area contributed by atoms with Crippen LogP contribution in [0.3, 0.4) is 0 Å². The summed E-state index contributed by atoms with van der Waals surface area (Å²) >= 11 is 0. The van der Waals surface area contributed by atoms with E-state index in [1.807, 2.05) is 48.5 Å². The largest absolute Gasteiger partial charge is 0.339 e. The SMILES string of the molecule is CCc1nccn1C1CCCN(C(=O)C(N)c2ccc(C)cc2)C1.Cl.Cl. The van der Waals surface area contributed by atoms with Crippen LogP contribution >= 0.6 is 24.8 Å². The molecule has 0 bridgehead atoms. The number of hydrogen-bond donors (Lipinski definition) is 1. The standard InChI is InChI=1S/C19H26N4O.2ClH/c1-3-17-21-10-12-23(17)16-5-4-11-22(13-16)19(24)18(20)15-8-6-14(2)7-9-15;;/h6-10,12,16,18H,3-5,11,13,20H2,1-2H3;2*1H. The highest BCUT2D eigenvalue weighted by Crippen LogP contribution is 2.25. The molecule has 5 nitrogen and oxygen atoms in total. The van der Waals surface area contributed by atoms with Crippen molar-refractivity contribution in [2.75, 3.05) is 13.1 Å². The molecule has 1 saturated heterocycles. The molecule has 2 heterocycles. The molecule has 1 fully saturated rings. The van der Waals surface area contributed by atoms with Crippen LogP contribution in [-0.4, -0.2) is 33.4 Å². The number of aromatic nitrogens is 2. The third-order valence-electron chi connectivity index (χ3n) is 4.87. The van der Waals surface area contributed by atoms with Crippen LogP contribution in [0.1, 0.15) is 48.8 Å². The second-order valence-electron chi connectivity index (χ2n) is 6.57. The van der Waals surface area contributed by atoms with Crippen molar-refractivity contribution in [2.24, 2.45) is 5.73 Å². The number of aryl methyl sites for hydroxylation is 2. The number of halogens is 2. The molecule has 2 N–H and O–H groups in total. The molecule has 0 saturated carbocycles. The topological polar surface area (TPSA) is 64.2 Å². The van der Waals surface area contributed by atoms with E-state index in [0.717, 1.165) is 37.2 Å². The third-order valence-corrected chi connectivity index (χ3v) is 4.87. The van der Waals surface area contributed by atoms with Gasteiger partial charge in [0.25, 0.3) is 0 Å². The number of piperidine rings is 1. The predicted octanol–water partition coefficient (Wildman–Crippen LogP) is 3.46. The first-order valence-electron chi connectivity index (χ1n) is 8.72. The smallest absolute Gasteiger partial charge is 0.244 e. The van der Waals surface area contributed by atoms with Crippen molar-refractivity contribution in [3.63, 3.8) is 0 Å². The zero-order valence-electron chi connectivity index (χ0n) is 15.3. The van der Waals surface area contributed by atoms with Gasteiger partial charge in [-0.05, 0) is 25.3 Å². The van der Waals surface area contributed by atoms with Gasteiger partial charge < -0.3 is 15.2 Å². The number of benzene rings is 1. The lowest BCUT2D eigenvalue weighted by atomic mass is 10.0. The third kappa shape index (κ3) is 4.78. The molecule has 0 radical (unpaired) electrons. The van der Waals surface area contributed by atoms with E-state index in [0.29, 0.717) is 12.6 Å². The fraction of sp³-hybridized carbons (Fsp3) is 0.474. The summed E-state index contributed by atoms with van der Waals surface area (Å²) in [5.41, 5.74) is 8.28. The highest BCUT2D eigenvalue weighted by molar-refractivity contribution is 5.85. The van der Waals surface area contributed by atoms with Gasteiger partial charge in [-0.1, -0.05) is 36.8 Å². The van der Waals surface area contributed by atoms with Crippen LogP contribution in [0.25, 0.3) is 0 Å². The molecule has 2 unspecified atom stereocenters. The molecule has 0 spiro atoms. The summed E-state index contributed by atoms with van der Waals surface area (Å²) in [5, 5.41) is 0. The molecule has 26 heavy (non-hydrogen) atoms. The van der Waals surface area contributed by atoms with Crippen LogP contribution in [0, 0.1) is 6.92 Å². The van der Waals surface area contributed by atoms with Gasteiger partial charge in [-0.2, -0.15) is 0 Å². The van der Waals surface area contributed by atoms with Gasteiger partial charge in [0.15, 0.2) is 0 Å². The predicted molar refractivity (Wildman–Crippen MR) is 109 cm³/mol. The molecular formula is C19H28Cl2N4O. The van der Waals surface area contributed by atoms with Gasteiger partial charge in [-0.3, -0.25) is 4.79 Å². The van der Waals surface area contributed by atoms with Gasteiger partial charge in [-0.15, -0.1) is 24.8 Å². The van der Waals surface area contributed by atoms with E-state index in [1.165, 1.54) is 5.56 Å². The van der Waals surface area contributed by atoms with E-state index in [4.69, 9.17) is 5.73 Å². The Morgan fingerprint density at radius 2 is 2.00 bits per heavy atom. The van der Waals surface area contributed by atoms with Crippen LogP contribution in [0.2, 0.25) is 0 Å². The second-order valence-corrected chi connectivity index (χ2v) is 6.57. The molecular weight excluding hydrogens is 371 g/mol. The van der Waals surface area contributed by atoms with Crippen molar-refractivity contribution in [1.82, 2.24) is 14.5 Å². The molecule has 1 aliphatic heterocycles. The Kier molecular flexibility index (Phi) is 8.60. The van der Waals surface area contributed by atoms with Gasteiger partial charge in [0.05, 0.1) is 6.04 Å². The van der Waals surface area contributed by atoms with E-state index in [-0.39, 0.29) is 30.7 Å². The second kappa shape index (κ2) is 9.95. The molecule has 1 aliphatic rings. The minimum Gasteiger partial charge on any atom is -0.339 e. The first-order chi connectivity index (χ1) is 11.6. The maximum Gasteiger partial charge on any atom is 0.244 e. The van der Waals surface area contributed by atoms with Gasteiger partial charge >= 0.3 is 0 Å². The van der Waals surface area contributed by atoms with Crippen molar-refractivity contribution < 1.29 is 4.79 Å². The normalized spacial score (nSPS) is 17.8. The lowest BCUT2D eigenvalue weighted by molar-refractivity contribution is -0.134. The van der Waals surface area contributed by atoms with Gasteiger partial charge in [0.1, 0.15) is 11.9 Å². The minimum atomic E-state index is -0.585. The molecule has 7 heteroatoms. The Balaban J connectivity index is 0.00000169. The van der Waals surface area contributed by atoms with Crippen LogP contribution in [0.4, 0.5) is 0 Å². The fourth-order valence-corrected chi connectivity index (χ4v) is 3.45. The molecule has 3 rings (SSSR count). The van der Waals surface area contributed by atoms with Crippen LogP contribution in [-0.2, 0) is 11.2 Å². The first kappa shape index (κ1) is 22.5. The average Bonchev–Trinajstić information content (AvgIpc) is 3.10. The van der Waals surface area contributed by atoms with Crippen LogP contribution in [0.5, 0.6) is 0 Å². The zero-order valence-corrected chi connectivity index (χ0v) is 16.9. The van der Waals surface area contributed by atoms with E-state index >= 15 is 0 Å². The molecule has 0 aliphatic carbocycles. The number of likely N-dealkylation sites (tertiary alicyclic amines) is 1. The highest BCUT2D eigenvalue weighted by Gasteiger charge is 2.29. The van der Waals surface area contributed by atoms with E-state index in [1.54, 1.807) is 0 Å². The summed E-state index contributed by atoms with van der Waals surface area (Å²) in [4.78, 5) is 19.1. The number of nitrogens with zero attached hydrogens (tertiary/aromatic N) is 3. The Bertz CT molecular complexity index is 702. The van der Waals surface area contributed by atoms with Crippen molar-refractivity contribution >= 4 is 30.7 Å². The van der Waals surface area contributed by atoms with Gasteiger partial charge in [0.2, 0.25) is 5.91 Å². The molecule has 1 aromatic heterocycles. The Morgan fingerprint density at radius 3 is 2.65 bits per heavy atom. The summed E-state index contributed by atoms with van der Waals surface area (Å²) in [7, 11) is 0. The maximum absolute atomic E-state index is 12.8. The van der Waals surface area contributed by atoms with Gasteiger partial charge in [-0.25, -0.2) is 4.98 Å². The summed E-state index contributed by atoms with van der Waals surface area (Å²) < 4.78 is 2.22. The Morgan fingerprint density at radius 1 is 1.31 bits per heavy atom. The van der Waals surface area contributed by atoms with Crippen molar-refractivity contribution in [3.05, 3.63) is 53.6 Å². The van der Waals surface area contributed by atoms with Crippen LogP contribution < -0.4 is 5.73 Å². The number of rotatable bonds is 4. The first-order valence-corrected chi connectivity index (χ1v) is 8.72. The lowest BCUT2D eigenvalue weighted by Gasteiger charge is -2.35. The molecule has 1 amide bonds. The molecule has 2 atom stereocenters. The van der Waals surface area contributed by atoms with Crippen molar-refractivity contribution in [1.29, 1.82) is 0 Å².